The van der Waals surface area contributed by atoms with Gasteiger partial charge in [-0.05, 0) is 36.1 Å². The summed E-state index contributed by atoms with van der Waals surface area (Å²) >= 11 is 0. The van der Waals surface area contributed by atoms with Crippen LogP contribution in [0.15, 0.2) is 24.4 Å². The number of aliphatic hydroxyl groups excluding tert-OH is 1. The summed E-state index contributed by atoms with van der Waals surface area (Å²) in [6.07, 6.45) is -0.700. The molecule has 1 heterocycles. The first-order valence-electron chi connectivity index (χ1n) is 10.5. The quantitative estimate of drug-likeness (QED) is 0.391. The van der Waals surface area contributed by atoms with E-state index < -0.39 is 30.4 Å². The fourth-order valence-corrected chi connectivity index (χ4v) is 4.13. The Morgan fingerprint density at radius 3 is 2.65 bits per heavy atom. The van der Waals surface area contributed by atoms with E-state index in [9.17, 15) is 37.9 Å². The van der Waals surface area contributed by atoms with Gasteiger partial charge in [0.25, 0.3) is 11.7 Å². The third-order valence-corrected chi connectivity index (χ3v) is 5.84. The van der Waals surface area contributed by atoms with Crippen molar-refractivity contribution in [1.29, 1.82) is 5.26 Å². The molecule has 1 unspecified atom stereocenters. The fourth-order valence-electron chi connectivity index (χ4n) is 4.13. The Hall–Kier alpha value is -3.72. The summed E-state index contributed by atoms with van der Waals surface area (Å²) in [7, 11) is 0. The highest BCUT2D eigenvalue weighted by atomic mass is 19.4. The third-order valence-electron chi connectivity index (χ3n) is 5.84. The predicted molar refractivity (Wildman–Crippen MR) is 113 cm³/mol. The summed E-state index contributed by atoms with van der Waals surface area (Å²) in [5.41, 5.74) is 5.36. The highest BCUT2D eigenvalue weighted by molar-refractivity contribution is 6.02. The van der Waals surface area contributed by atoms with E-state index in [4.69, 9.17) is 5.73 Å². The second-order valence-electron chi connectivity index (χ2n) is 8.00. The van der Waals surface area contributed by atoms with Gasteiger partial charge in [-0.1, -0.05) is 18.9 Å². The molecule has 3 rings (SSSR count). The lowest BCUT2D eigenvalue weighted by Gasteiger charge is -2.26. The average Bonchev–Trinajstić information content (AvgIpc) is 3.23. The number of alkyl halides is 3. The van der Waals surface area contributed by atoms with Gasteiger partial charge in [0.2, 0.25) is 0 Å². The van der Waals surface area contributed by atoms with Crippen LogP contribution in [0.2, 0.25) is 0 Å². The second-order valence-corrected chi connectivity index (χ2v) is 8.00. The number of nitrogens with zero attached hydrogens (tertiary/aromatic N) is 3. The standard InChI is InChI=1S/C22H22F3N5O4/c23-22(24,25)19(33)17(11-32)15-6-5-14(7-13(15)10-31)28-21-16(20(27)34)9-30(29-21)18-4-2-1-3-12(18)8-26/h5-7,9,11-12,17-18,31H,1-4,10H2,(H2,27,34)(H,28,29)/t12-,17?,18+/m1/s1. The maximum atomic E-state index is 12.8. The Morgan fingerprint density at radius 1 is 1.35 bits per heavy atom. The number of carbonyl (C=O) groups excluding carboxylic acids is 3. The number of Topliss-reactive ketones (excluding diaryl/α,β-unsaturated/α-hetero) is 1. The molecule has 180 valence electrons. The minimum absolute atomic E-state index is 0.0369. The number of anilines is 2. The molecule has 1 aliphatic rings. The minimum atomic E-state index is -5.22. The molecule has 34 heavy (non-hydrogen) atoms. The Kier molecular flexibility index (Phi) is 7.36. The van der Waals surface area contributed by atoms with Gasteiger partial charge in [-0.2, -0.15) is 23.5 Å². The summed E-state index contributed by atoms with van der Waals surface area (Å²) in [6, 6.07) is 5.66. The van der Waals surface area contributed by atoms with Crippen molar-refractivity contribution in [2.24, 2.45) is 11.7 Å². The number of aromatic nitrogens is 2. The van der Waals surface area contributed by atoms with Gasteiger partial charge in [-0.25, -0.2) is 0 Å². The van der Waals surface area contributed by atoms with Crippen LogP contribution < -0.4 is 11.1 Å². The number of amides is 1. The number of aldehydes is 1. The van der Waals surface area contributed by atoms with Gasteiger partial charge in [0, 0.05) is 11.9 Å². The molecule has 12 heteroatoms. The van der Waals surface area contributed by atoms with Gasteiger partial charge >= 0.3 is 6.18 Å². The van der Waals surface area contributed by atoms with Crippen LogP contribution in [0.4, 0.5) is 24.7 Å². The molecule has 0 aliphatic heterocycles. The zero-order valence-electron chi connectivity index (χ0n) is 17.9. The molecule has 4 N–H and O–H groups in total. The van der Waals surface area contributed by atoms with Crippen LogP contribution in [-0.2, 0) is 16.2 Å². The van der Waals surface area contributed by atoms with Gasteiger partial charge in [-0.3, -0.25) is 14.3 Å². The van der Waals surface area contributed by atoms with Crippen LogP contribution in [0.3, 0.4) is 0 Å². The summed E-state index contributed by atoms with van der Waals surface area (Å²) in [6.45, 7) is -0.747. The van der Waals surface area contributed by atoms with Crippen LogP contribution >= 0.6 is 0 Å². The van der Waals surface area contributed by atoms with Crippen molar-refractivity contribution in [2.45, 2.75) is 50.4 Å². The van der Waals surface area contributed by atoms with Crippen molar-refractivity contribution in [2.75, 3.05) is 5.32 Å². The molecule has 0 bridgehead atoms. The van der Waals surface area contributed by atoms with E-state index >= 15 is 0 Å². The van der Waals surface area contributed by atoms with Crippen LogP contribution in [0.1, 0.15) is 59.1 Å². The number of primary amides is 1. The van der Waals surface area contributed by atoms with E-state index in [1.54, 1.807) is 0 Å². The second kappa shape index (κ2) is 10.0. The fraction of sp³-hybridized carbons (Fsp3) is 0.409. The first-order chi connectivity index (χ1) is 16.1. The van der Waals surface area contributed by atoms with Crippen molar-refractivity contribution < 1.29 is 32.7 Å². The van der Waals surface area contributed by atoms with Gasteiger partial charge in [-0.15, -0.1) is 0 Å². The Bertz CT molecular complexity index is 1140. The Labute approximate surface area is 192 Å². The van der Waals surface area contributed by atoms with E-state index in [0.717, 1.165) is 18.9 Å². The molecule has 1 saturated carbocycles. The highest BCUT2D eigenvalue weighted by Gasteiger charge is 2.44. The molecule has 1 aromatic carbocycles. The summed E-state index contributed by atoms with van der Waals surface area (Å²) in [5, 5.41) is 26.3. The maximum Gasteiger partial charge on any atom is 0.451 e. The van der Waals surface area contributed by atoms with Gasteiger partial charge in [0.05, 0.1) is 24.6 Å². The van der Waals surface area contributed by atoms with Crippen molar-refractivity contribution in [1.82, 2.24) is 9.78 Å². The number of halogens is 3. The molecule has 0 spiro atoms. The molecule has 1 aliphatic carbocycles. The molecular formula is C22H22F3N5O4. The van der Waals surface area contributed by atoms with Crippen molar-refractivity contribution in [3.8, 4) is 6.07 Å². The van der Waals surface area contributed by atoms with Crippen molar-refractivity contribution in [3.05, 3.63) is 41.1 Å². The third kappa shape index (κ3) is 5.09. The van der Waals surface area contributed by atoms with E-state index in [0.29, 0.717) is 12.8 Å². The van der Waals surface area contributed by atoms with Crippen LogP contribution in [-0.4, -0.2) is 39.0 Å². The van der Waals surface area contributed by atoms with E-state index in [-0.39, 0.29) is 46.4 Å². The first kappa shape index (κ1) is 24.9. The number of nitriles is 1. The molecular weight excluding hydrogens is 455 g/mol. The molecule has 9 nitrogen and oxygen atoms in total. The SMILES string of the molecule is N#C[C@H]1CCCC[C@@H]1n1cc(C(N)=O)c(Nc2ccc(C(C=O)C(=O)C(F)(F)F)c(CO)c2)n1. The van der Waals surface area contributed by atoms with Crippen LogP contribution in [0.25, 0.3) is 0 Å². The molecule has 1 aromatic heterocycles. The lowest BCUT2D eigenvalue weighted by atomic mass is 9.85. The summed E-state index contributed by atoms with van der Waals surface area (Å²) in [4.78, 5) is 34.9. The van der Waals surface area contributed by atoms with Gasteiger partial charge in [0.15, 0.2) is 5.82 Å². The molecule has 1 fully saturated rings. The minimum Gasteiger partial charge on any atom is -0.392 e. The van der Waals surface area contributed by atoms with Crippen LogP contribution in [0.5, 0.6) is 0 Å². The van der Waals surface area contributed by atoms with Gasteiger partial charge < -0.3 is 21.0 Å². The largest absolute Gasteiger partial charge is 0.451 e. The number of nitrogens with one attached hydrogen (secondary N) is 1. The first-order valence-corrected chi connectivity index (χ1v) is 10.5. The topological polar surface area (TPSA) is 151 Å². The Morgan fingerprint density at radius 2 is 2.06 bits per heavy atom. The number of nitrogens with two attached hydrogens (primary N) is 1. The van der Waals surface area contributed by atoms with E-state index in [1.165, 1.54) is 23.0 Å². The molecule has 0 radical (unpaired) electrons. The zero-order valence-corrected chi connectivity index (χ0v) is 17.9. The number of hydrogen-bond donors (Lipinski definition) is 3. The predicted octanol–water partition coefficient (Wildman–Crippen LogP) is 2.89. The average molecular weight is 477 g/mol. The smallest absolute Gasteiger partial charge is 0.392 e. The number of ketones is 1. The lowest BCUT2D eigenvalue weighted by Crippen LogP contribution is -2.30. The summed E-state index contributed by atoms with van der Waals surface area (Å²) in [5.74, 6) is -5.37. The summed E-state index contributed by atoms with van der Waals surface area (Å²) < 4.78 is 40.1. The number of hydrogen-bond acceptors (Lipinski definition) is 7. The molecule has 1 amide bonds. The molecule has 0 saturated heterocycles. The van der Waals surface area contributed by atoms with Crippen molar-refractivity contribution in [3.63, 3.8) is 0 Å². The number of aliphatic hydroxyl groups is 1. The Balaban J connectivity index is 1.94. The van der Waals surface area contributed by atoms with E-state index in [1.807, 2.05) is 0 Å². The number of carbonyl (C=O) groups is 3. The highest BCUT2D eigenvalue weighted by Crippen LogP contribution is 2.35. The van der Waals surface area contributed by atoms with Gasteiger partial charge in [0.1, 0.15) is 17.8 Å². The van der Waals surface area contributed by atoms with E-state index in [2.05, 4.69) is 16.5 Å². The zero-order chi connectivity index (χ0) is 25.0. The normalized spacial score (nSPS) is 19.1. The number of rotatable bonds is 8. The van der Waals surface area contributed by atoms with Crippen LogP contribution in [0, 0.1) is 17.2 Å². The lowest BCUT2D eigenvalue weighted by molar-refractivity contribution is -0.172. The van der Waals surface area contributed by atoms with Crippen molar-refractivity contribution >= 4 is 29.5 Å². The monoisotopic (exact) mass is 477 g/mol. The molecule has 3 atom stereocenters. The molecule has 2 aromatic rings. The number of benzene rings is 1. The maximum absolute atomic E-state index is 12.8.